The molecule has 4 aromatic carbocycles. The summed E-state index contributed by atoms with van der Waals surface area (Å²) in [6.45, 7) is 9.24. The fourth-order valence-electron chi connectivity index (χ4n) is 6.26. The van der Waals surface area contributed by atoms with Gasteiger partial charge in [-0.2, -0.15) is 0 Å². The quantitative estimate of drug-likeness (QED) is 0.112. The Bertz CT molecular complexity index is 1730. The smallest absolute Gasteiger partial charge is 0.256 e. The van der Waals surface area contributed by atoms with Gasteiger partial charge in [-0.3, -0.25) is 9.59 Å². The third-order valence-corrected chi connectivity index (χ3v) is 8.89. The maximum absolute atomic E-state index is 14.3. The van der Waals surface area contributed by atoms with Crippen LogP contribution in [0.4, 0.5) is 5.69 Å². The van der Waals surface area contributed by atoms with E-state index in [0.717, 1.165) is 37.9 Å². The van der Waals surface area contributed by atoms with Crippen LogP contribution >= 0.6 is 24.0 Å². The number of hydrogen-bond acceptors (Lipinski definition) is 6. The predicted octanol–water partition coefficient (Wildman–Crippen LogP) is 8.34. The Hall–Kier alpha value is -4.08. The average molecular weight is 749 g/mol. The zero-order chi connectivity index (χ0) is 36.2. The van der Waals surface area contributed by atoms with Gasteiger partial charge in [0.1, 0.15) is 12.2 Å². The van der Waals surface area contributed by atoms with Crippen molar-refractivity contribution in [1.29, 1.82) is 0 Å². The minimum Gasteiger partial charge on any atom is -0.492 e. The summed E-state index contributed by atoms with van der Waals surface area (Å²) < 4.78 is 19.0. The average Bonchev–Trinajstić information content (AvgIpc) is 3.22. The predicted molar refractivity (Wildman–Crippen MR) is 211 cm³/mol. The van der Waals surface area contributed by atoms with Crippen LogP contribution in [0.15, 0.2) is 97.1 Å². The van der Waals surface area contributed by atoms with Crippen molar-refractivity contribution in [3.05, 3.63) is 124 Å². The topological polar surface area (TPSA) is 89.1 Å². The molecule has 1 aliphatic rings. The van der Waals surface area contributed by atoms with Crippen molar-refractivity contribution in [2.75, 3.05) is 38.3 Å². The molecule has 52 heavy (non-hydrogen) atoms. The largest absolute Gasteiger partial charge is 0.492 e. The summed E-state index contributed by atoms with van der Waals surface area (Å²) in [5.41, 5.74) is 4.15. The first-order valence-corrected chi connectivity index (χ1v) is 18.1. The van der Waals surface area contributed by atoms with Gasteiger partial charge in [0.2, 0.25) is 5.91 Å². The van der Waals surface area contributed by atoms with Crippen molar-refractivity contribution < 1.29 is 23.8 Å². The van der Waals surface area contributed by atoms with Gasteiger partial charge in [0.15, 0.2) is 11.5 Å². The summed E-state index contributed by atoms with van der Waals surface area (Å²) in [5, 5.41) is 6.97. The number of methoxy groups -OCH3 is 1. The zero-order valence-electron chi connectivity index (χ0n) is 30.5. The second-order valence-corrected chi connectivity index (χ2v) is 14.5. The third-order valence-electron chi connectivity index (χ3n) is 8.65. The Labute approximate surface area is 319 Å². The van der Waals surface area contributed by atoms with Crippen molar-refractivity contribution in [2.45, 2.75) is 65.2 Å². The molecule has 1 heterocycles. The number of carbonyl (C=O) groups excluding carboxylic acids is 2. The normalized spacial score (nSPS) is 15.6. The van der Waals surface area contributed by atoms with Crippen LogP contribution in [0.2, 0.25) is 5.02 Å². The summed E-state index contributed by atoms with van der Waals surface area (Å²) >= 11 is 6.60. The van der Waals surface area contributed by atoms with E-state index < -0.39 is 12.2 Å². The van der Waals surface area contributed by atoms with Crippen LogP contribution < -0.4 is 25.0 Å². The van der Waals surface area contributed by atoms with Crippen LogP contribution in [0.5, 0.6) is 11.5 Å². The molecule has 2 atom stereocenters. The van der Waals surface area contributed by atoms with E-state index >= 15 is 0 Å². The summed E-state index contributed by atoms with van der Waals surface area (Å²) in [4.78, 5) is 29.4. The maximum atomic E-state index is 14.3. The minimum atomic E-state index is -1.07. The molecule has 1 aliphatic heterocycles. The van der Waals surface area contributed by atoms with Gasteiger partial charge in [0.25, 0.3) is 5.91 Å². The standard InChI is InChI=1S/C42H50ClN3O5.ClH/c1-42(2,3)29-46-35-22-21-32(43)26-34(35)39(51-37(41(46)48)27-38(47)45-28-31-16-9-6-10-17-31)33-19-11-20-36(40(33)49-4)50-25-13-24-44-23-12-18-30-14-7-5-8-15-30;/h5-11,14-17,19-22,26,37,39,44H,12-13,18,23-25,27-29H2,1-4H3,(H,45,47);1H/t37-,39-;/m1./s1. The maximum Gasteiger partial charge on any atom is 0.256 e. The van der Waals surface area contributed by atoms with Crippen molar-refractivity contribution in [3.8, 4) is 11.5 Å². The van der Waals surface area contributed by atoms with E-state index in [-0.39, 0.29) is 36.1 Å². The SMILES string of the molecule is COc1c(OCCCNCCCc2ccccc2)cccc1[C@H]1O[C@H](CC(=O)NCc2ccccc2)C(=O)N(CC(C)(C)C)c2ccc(Cl)cc21.Cl. The first kappa shape index (κ1) is 40.7. The molecule has 2 N–H and O–H groups in total. The highest BCUT2D eigenvalue weighted by molar-refractivity contribution is 6.30. The van der Waals surface area contributed by atoms with Gasteiger partial charge in [-0.15, -0.1) is 12.4 Å². The number of halogens is 2. The molecule has 0 saturated carbocycles. The molecule has 5 rings (SSSR count). The van der Waals surface area contributed by atoms with Crippen molar-refractivity contribution in [2.24, 2.45) is 5.41 Å². The molecule has 8 nitrogen and oxygen atoms in total. The van der Waals surface area contributed by atoms with E-state index in [4.69, 9.17) is 25.8 Å². The van der Waals surface area contributed by atoms with E-state index in [9.17, 15) is 9.59 Å². The van der Waals surface area contributed by atoms with Crippen LogP contribution in [0.25, 0.3) is 0 Å². The van der Waals surface area contributed by atoms with Crippen LogP contribution in [0, 0.1) is 5.41 Å². The molecule has 0 radical (unpaired) electrons. The number of rotatable bonds is 16. The molecule has 0 aliphatic carbocycles. The lowest BCUT2D eigenvalue weighted by Crippen LogP contribution is -2.45. The van der Waals surface area contributed by atoms with Crippen molar-refractivity contribution in [3.63, 3.8) is 0 Å². The Morgan fingerprint density at radius 1 is 0.885 bits per heavy atom. The number of nitrogens with zero attached hydrogens (tertiary/aromatic N) is 1. The molecule has 0 fully saturated rings. The van der Waals surface area contributed by atoms with Gasteiger partial charge in [-0.05, 0) is 73.2 Å². The molecule has 278 valence electrons. The number of benzene rings is 4. The van der Waals surface area contributed by atoms with E-state index in [1.54, 1.807) is 18.1 Å². The highest BCUT2D eigenvalue weighted by Crippen LogP contribution is 2.45. The van der Waals surface area contributed by atoms with E-state index in [1.165, 1.54) is 5.56 Å². The van der Waals surface area contributed by atoms with Gasteiger partial charge >= 0.3 is 0 Å². The van der Waals surface area contributed by atoms with Crippen LogP contribution in [0.3, 0.4) is 0 Å². The first-order valence-electron chi connectivity index (χ1n) is 17.7. The summed E-state index contributed by atoms with van der Waals surface area (Å²) in [6, 6.07) is 31.3. The second kappa shape index (κ2) is 19.7. The summed E-state index contributed by atoms with van der Waals surface area (Å²) in [7, 11) is 1.60. The number of para-hydroxylation sites is 1. The van der Waals surface area contributed by atoms with Crippen molar-refractivity contribution >= 4 is 41.5 Å². The number of nitrogens with one attached hydrogen (secondary N) is 2. The molecule has 4 aromatic rings. The fourth-order valence-corrected chi connectivity index (χ4v) is 6.44. The van der Waals surface area contributed by atoms with E-state index in [1.807, 2.05) is 66.7 Å². The summed E-state index contributed by atoms with van der Waals surface area (Å²) in [5.74, 6) is 0.514. The van der Waals surface area contributed by atoms with Gasteiger partial charge < -0.3 is 29.7 Å². The molecule has 10 heteroatoms. The number of hydrogen-bond donors (Lipinski definition) is 2. The lowest BCUT2D eigenvalue weighted by atomic mass is 9.94. The highest BCUT2D eigenvalue weighted by atomic mass is 35.5. The minimum absolute atomic E-state index is 0. The zero-order valence-corrected chi connectivity index (χ0v) is 32.1. The number of ether oxygens (including phenoxy) is 3. The van der Waals surface area contributed by atoms with Crippen LogP contribution in [0.1, 0.15) is 68.4 Å². The number of aryl methyl sites for hydroxylation is 1. The summed E-state index contributed by atoms with van der Waals surface area (Å²) in [6.07, 6.45) is 0.935. The number of fused-ring (bicyclic) bond motifs is 1. The molecule has 0 spiro atoms. The lowest BCUT2D eigenvalue weighted by molar-refractivity contribution is -0.138. The van der Waals surface area contributed by atoms with Gasteiger partial charge in [0.05, 0.1) is 20.1 Å². The third kappa shape index (κ3) is 11.5. The molecule has 0 saturated heterocycles. The fraction of sp³-hybridized carbons (Fsp3) is 0.381. The monoisotopic (exact) mass is 747 g/mol. The van der Waals surface area contributed by atoms with Gasteiger partial charge in [0, 0.05) is 34.9 Å². The molecule has 0 aromatic heterocycles. The van der Waals surface area contributed by atoms with E-state index in [0.29, 0.717) is 53.0 Å². The van der Waals surface area contributed by atoms with E-state index in [2.05, 4.69) is 55.7 Å². The lowest BCUT2D eigenvalue weighted by Gasteiger charge is -2.31. The molecule has 2 amide bonds. The first-order chi connectivity index (χ1) is 24.6. The highest BCUT2D eigenvalue weighted by Gasteiger charge is 2.40. The Morgan fingerprint density at radius 3 is 2.27 bits per heavy atom. The van der Waals surface area contributed by atoms with Crippen LogP contribution in [-0.4, -0.2) is 51.3 Å². The van der Waals surface area contributed by atoms with Gasteiger partial charge in [-0.25, -0.2) is 0 Å². The Balaban J connectivity index is 0.00000605. The number of carbonyl (C=O) groups is 2. The Kier molecular flexibility index (Phi) is 15.4. The second-order valence-electron chi connectivity index (χ2n) is 14.1. The number of anilines is 1. The van der Waals surface area contributed by atoms with Crippen molar-refractivity contribution in [1.82, 2.24) is 10.6 Å². The molecular weight excluding hydrogens is 697 g/mol. The number of amides is 2. The molecule has 0 unspecified atom stereocenters. The van der Waals surface area contributed by atoms with Gasteiger partial charge in [-0.1, -0.05) is 105 Å². The molecular formula is C42H51Cl2N3O5. The molecule has 0 bridgehead atoms. The Morgan fingerprint density at radius 2 is 1.58 bits per heavy atom. The van der Waals surface area contributed by atoms with Crippen LogP contribution in [-0.2, 0) is 27.3 Å².